The summed E-state index contributed by atoms with van der Waals surface area (Å²) in [5.74, 6) is 0. The predicted octanol–water partition coefficient (Wildman–Crippen LogP) is 11.9. The molecule has 0 amide bonds. The Morgan fingerprint density at radius 3 is 1.00 bits per heavy atom. The molecule has 218 valence electrons. The zero-order valence-electron chi connectivity index (χ0n) is 26.7. The van der Waals surface area contributed by atoms with Gasteiger partial charge in [0.15, 0.2) is 0 Å². The van der Waals surface area contributed by atoms with Crippen molar-refractivity contribution >= 4 is 0 Å². The van der Waals surface area contributed by atoms with Gasteiger partial charge < -0.3 is 0 Å². The third-order valence-corrected chi connectivity index (χ3v) is 6.88. The first kappa shape index (κ1) is 32.8. The van der Waals surface area contributed by atoms with Crippen LogP contribution in [-0.4, -0.2) is 0 Å². The fourth-order valence-electron chi connectivity index (χ4n) is 4.49. The van der Waals surface area contributed by atoms with E-state index in [9.17, 15) is 0 Å². The van der Waals surface area contributed by atoms with Crippen molar-refractivity contribution in [2.24, 2.45) is 0 Å². The number of benzene rings is 6. The second-order valence-electron chi connectivity index (χ2n) is 11.2. The summed E-state index contributed by atoms with van der Waals surface area (Å²) in [5.41, 5.74) is 13.3. The summed E-state index contributed by atoms with van der Waals surface area (Å²) in [7, 11) is 0. The molecule has 6 rings (SSSR count). The Balaban J connectivity index is 0.000000164. The lowest BCUT2D eigenvalue weighted by molar-refractivity contribution is 1.18. The molecule has 6 aromatic rings. The average molecular weight is 563 g/mol. The zero-order chi connectivity index (χ0) is 30.9. The molecule has 0 N–H and O–H groups in total. The number of hydrogen-bond donors (Lipinski definition) is 0. The summed E-state index contributed by atoms with van der Waals surface area (Å²) in [6.45, 7) is 12.6. The fraction of sp³-hybridized carbons (Fsp3) is 0.163. The van der Waals surface area contributed by atoms with Gasteiger partial charge in [0.1, 0.15) is 0 Å². The van der Waals surface area contributed by atoms with Crippen molar-refractivity contribution in [2.75, 3.05) is 0 Å². The van der Waals surface area contributed by atoms with Crippen LogP contribution in [0.4, 0.5) is 0 Å². The molecule has 0 fully saturated rings. The van der Waals surface area contributed by atoms with Gasteiger partial charge in [-0.3, -0.25) is 0 Å². The summed E-state index contributed by atoms with van der Waals surface area (Å²) < 4.78 is 0. The third kappa shape index (κ3) is 13.2. The lowest BCUT2D eigenvalue weighted by Gasteiger charge is -2.02. The van der Waals surface area contributed by atoms with E-state index in [1.54, 1.807) is 0 Å². The van der Waals surface area contributed by atoms with Crippen LogP contribution in [0, 0.1) is 41.5 Å². The molecule has 0 atom stereocenters. The average Bonchev–Trinajstić information content (AvgIpc) is 3.00. The topological polar surface area (TPSA) is 0 Å². The predicted molar refractivity (Wildman–Crippen MR) is 189 cm³/mol. The van der Waals surface area contributed by atoms with Gasteiger partial charge in [0.25, 0.3) is 0 Å². The van der Waals surface area contributed by atoms with E-state index in [2.05, 4.69) is 181 Å². The number of hydrogen-bond acceptors (Lipinski definition) is 0. The van der Waals surface area contributed by atoms with E-state index in [0.29, 0.717) is 0 Å². The summed E-state index contributed by atoms with van der Waals surface area (Å²) in [4.78, 5) is 0. The van der Waals surface area contributed by atoms with Crippen molar-refractivity contribution in [1.29, 1.82) is 0 Å². The van der Waals surface area contributed by atoms with Crippen LogP contribution in [0.2, 0.25) is 0 Å². The van der Waals surface area contributed by atoms with Gasteiger partial charge in [0.2, 0.25) is 0 Å². The second kappa shape index (κ2) is 18.0. The van der Waals surface area contributed by atoms with Crippen LogP contribution in [0.5, 0.6) is 0 Å². The maximum atomic E-state index is 2.24. The highest BCUT2D eigenvalue weighted by Crippen LogP contribution is 2.19. The van der Waals surface area contributed by atoms with E-state index < -0.39 is 0 Å². The summed E-state index contributed by atoms with van der Waals surface area (Å²) in [5, 5.41) is 0. The summed E-state index contributed by atoms with van der Waals surface area (Å²) >= 11 is 0. The lowest BCUT2D eigenvalue weighted by atomic mass is 10.0. The largest absolute Gasteiger partial charge is 0.0622 e. The molecular weight excluding hydrogens is 516 g/mol. The van der Waals surface area contributed by atoms with Crippen LogP contribution < -0.4 is 0 Å². The minimum Gasteiger partial charge on any atom is -0.0622 e. The highest BCUT2D eigenvalue weighted by atomic mass is 14.0. The SMILES string of the molecule is Cc1ccc(-c2ccc(C)cc2)cc1.Cc1cccc(C)c1.Cc1cccc(Cc2ccccc2)c1.Cc1ccccc1. The van der Waals surface area contributed by atoms with Crippen molar-refractivity contribution < 1.29 is 0 Å². The normalized spacial score (nSPS) is 9.72. The van der Waals surface area contributed by atoms with Crippen molar-refractivity contribution in [1.82, 2.24) is 0 Å². The molecule has 0 saturated heterocycles. The summed E-state index contributed by atoms with van der Waals surface area (Å²) in [6.07, 6.45) is 1.03. The lowest BCUT2D eigenvalue weighted by Crippen LogP contribution is -1.87. The van der Waals surface area contributed by atoms with E-state index in [-0.39, 0.29) is 0 Å². The Hall–Kier alpha value is -4.68. The van der Waals surface area contributed by atoms with Crippen molar-refractivity contribution in [3.05, 3.63) is 202 Å². The molecule has 0 nitrogen and oxygen atoms in total. The van der Waals surface area contributed by atoms with Gasteiger partial charge in [-0.2, -0.15) is 0 Å². The van der Waals surface area contributed by atoms with Gasteiger partial charge in [-0.15, -0.1) is 0 Å². The van der Waals surface area contributed by atoms with E-state index in [4.69, 9.17) is 0 Å². The number of rotatable bonds is 3. The molecule has 0 heteroatoms. The smallest absolute Gasteiger partial charge is 0.00257 e. The minimum absolute atomic E-state index is 1.03. The summed E-state index contributed by atoms with van der Waals surface area (Å²) in [6, 6.07) is 55.2. The van der Waals surface area contributed by atoms with Crippen molar-refractivity contribution in [2.45, 2.75) is 48.0 Å². The first-order valence-corrected chi connectivity index (χ1v) is 15.1. The third-order valence-electron chi connectivity index (χ3n) is 6.88. The van der Waals surface area contributed by atoms with Crippen LogP contribution in [0.25, 0.3) is 11.1 Å². The zero-order valence-corrected chi connectivity index (χ0v) is 26.7. The molecule has 0 unspecified atom stereocenters. The van der Waals surface area contributed by atoms with Crippen LogP contribution in [0.15, 0.2) is 158 Å². The highest BCUT2D eigenvalue weighted by molar-refractivity contribution is 5.63. The van der Waals surface area contributed by atoms with E-state index >= 15 is 0 Å². The van der Waals surface area contributed by atoms with Crippen molar-refractivity contribution in [3.8, 4) is 11.1 Å². The molecule has 0 spiro atoms. The Bertz CT molecular complexity index is 1530. The maximum Gasteiger partial charge on any atom is -0.00257 e. The van der Waals surface area contributed by atoms with Gasteiger partial charge in [-0.1, -0.05) is 191 Å². The van der Waals surface area contributed by atoms with Crippen LogP contribution in [-0.2, 0) is 6.42 Å². The Morgan fingerprint density at radius 1 is 0.279 bits per heavy atom. The van der Waals surface area contributed by atoms with Gasteiger partial charge in [-0.05, 0) is 70.2 Å². The maximum absolute atomic E-state index is 2.24. The van der Waals surface area contributed by atoms with Crippen LogP contribution in [0.1, 0.15) is 44.5 Å². The Labute approximate surface area is 260 Å². The highest BCUT2D eigenvalue weighted by Gasteiger charge is 1.96. The first-order valence-electron chi connectivity index (χ1n) is 15.1. The molecule has 0 aliphatic rings. The molecule has 0 saturated carbocycles. The molecule has 0 aromatic heterocycles. The molecule has 6 aromatic carbocycles. The minimum atomic E-state index is 1.03. The molecule has 0 heterocycles. The van der Waals surface area contributed by atoms with Crippen LogP contribution in [0.3, 0.4) is 0 Å². The van der Waals surface area contributed by atoms with Crippen LogP contribution >= 0.6 is 0 Å². The van der Waals surface area contributed by atoms with Gasteiger partial charge in [0, 0.05) is 0 Å². The Kier molecular flexibility index (Phi) is 13.7. The molecule has 0 aliphatic heterocycles. The van der Waals surface area contributed by atoms with Gasteiger partial charge >= 0.3 is 0 Å². The van der Waals surface area contributed by atoms with Gasteiger partial charge in [0.05, 0.1) is 0 Å². The quantitative estimate of drug-likeness (QED) is 0.201. The standard InChI is InChI=1S/2C14H14.C8H10.C7H8/c1-11-3-7-13(8-4-11)14-9-5-12(2)6-10-14;1-12-6-5-9-14(10-12)11-13-7-3-2-4-8-13;1-7-4-3-5-8(2)6-7;1-7-5-3-2-4-6-7/h3-10H,1-2H3;2-10H,11H2,1H3;3-6H,1-2H3;2-6H,1H3. The second-order valence-corrected chi connectivity index (χ2v) is 11.2. The van der Waals surface area contributed by atoms with E-state index in [0.717, 1.165) is 6.42 Å². The molecular formula is C43H46. The molecule has 0 bridgehead atoms. The monoisotopic (exact) mass is 562 g/mol. The Morgan fingerprint density at radius 2 is 0.628 bits per heavy atom. The molecule has 0 aliphatic carbocycles. The fourth-order valence-corrected chi connectivity index (χ4v) is 4.49. The first-order chi connectivity index (χ1) is 20.8. The molecule has 0 radical (unpaired) electrons. The van der Waals surface area contributed by atoms with Gasteiger partial charge in [-0.25, -0.2) is 0 Å². The van der Waals surface area contributed by atoms with E-state index in [1.165, 1.54) is 55.6 Å². The molecule has 43 heavy (non-hydrogen) atoms. The van der Waals surface area contributed by atoms with E-state index in [1.807, 2.05) is 18.2 Å². The number of aryl methyl sites for hydroxylation is 6. The van der Waals surface area contributed by atoms with Crippen molar-refractivity contribution in [3.63, 3.8) is 0 Å².